The predicted molar refractivity (Wildman–Crippen MR) is 61.2 cm³/mol. The average Bonchev–Trinajstić information content (AvgIpc) is 2.46. The standard InChI is InChI=1S/C10H19NO3S/c1-9(2,3)14-8(12)11-5-4-10(13,6-11)7-15/h13,15H,4-7H2,1-3H3/t10-/m1/s1. The number of carbonyl (C=O) groups excluding carboxylic acids is 1. The van der Waals surface area contributed by atoms with Gasteiger partial charge in [-0.3, -0.25) is 0 Å². The van der Waals surface area contributed by atoms with Crippen molar-refractivity contribution in [1.82, 2.24) is 4.90 Å². The van der Waals surface area contributed by atoms with Crippen molar-refractivity contribution in [3.05, 3.63) is 0 Å². The molecular weight excluding hydrogens is 214 g/mol. The second-order valence-corrected chi connectivity index (χ2v) is 5.35. The smallest absolute Gasteiger partial charge is 0.410 e. The molecule has 1 N–H and O–H groups in total. The zero-order chi connectivity index (χ0) is 11.7. The Morgan fingerprint density at radius 1 is 1.60 bits per heavy atom. The molecule has 1 aliphatic heterocycles. The molecule has 1 rings (SSSR count). The zero-order valence-corrected chi connectivity index (χ0v) is 10.4. The van der Waals surface area contributed by atoms with Crippen LogP contribution in [-0.2, 0) is 4.74 Å². The van der Waals surface area contributed by atoms with E-state index in [9.17, 15) is 9.90 Å². The van der Waals surface area contributed by atoms with Crippen molar-refractivity contribution in [1.29, 1.82) is 0 Å². The molecule has 0 unspecified atom stereocenters. The molecule has 0 aromatic carbocycles. The minimum atomic E-state index is -0.847. The van der Waals surface area contributed by atoms with Gasteiger partial charge >= 0.3 is 6.09 Å². The van der Waals surface area contributed by atoms with E-state index in [4.69, 9.17) is 4.74 Å². The van der Waals surface area contributed by atoms with Gasteiger partial charge in [0.25, 0.3) is 0 Å². The number of ether oxygens (including phenoxy) is 1. The molecule has 1 saturated heterocycles. The topological polar surface area (TPSA) is 49.8 Å². The molecule has 88 valence electrons. The van der Waals surface area contributed by atoms with E-state index in [2.05, 4.69) is 12.6 Å². The molecule has 0 bridgehead atoms. The third-order valence-electron chi connectivity index (χ3n) is 2.28. The molecule has 0 spiro atoms. The summed E-state index contributed by atoms with van der Waals surface area (Å²) in [7, 11) is 0. The van der Waals surface area contributed by atoms with Gasteiger partial charge in [0.05, 0.1) is 12.1 Å². The lowest BCUT2D eigenvalue weighted by Crippen LogP contribution is -2.40. The summed E-state index contributed by atoms with van der Waals surface area (Å²) >= 11 is 4.07. The van der Waals surface area contributed by atoms with Crippen LogP contribution in [-0.4, -0.2) is 46.1 Å². The number of nitrogens with zero attached hydrogens (tertiary/aromatic N) is 1. The van der Waals surface area contributed by atoms with E-state index >= 15 is 0 Å². The number of aliphatic hydroxyl groups is 1. The van der Waals surface area contributed by atoms with E-state index in [1.165, 1.54) is 4.90 Å². The summed E-state index contributed by atoms with van der Waals surface area (Å²) in [6.07, 6.45) is 0.204. The first-order valence-corrected chi connectivity index (χ1v) is 5.70. The molecule has 5 heteroatoms. The van der Waals surface area contributed by atoms with Gasteiger partial charge in [-0.25, -0.2) is 4.79 Å². The van der Waals surface area contributed by atoms with Gasteiger partial charge < -0.3 is 14.7 Å². The molecule has 0 radical (unpaired) electrons. The highest BCUT2D eigenvalue weighted by Crippen LogP contribution is 2.24. The van der Waals surface area contributed by atoms with Crippen molar-refractivity contribution >= 4 is 18.7 Å². The Hall–Kier alpha value is -0.420. The Balaban J connectivity index is 2.51. The molecule has 4 nitrogen and oxygen atoms in total. The van der Waals surface area contributed by atoms with Crippen LogP contribution in [0.15, 0.2) is 0 Å². The van der Waals surface area contributed by atoms with Gasteiger partial charge in [0.2, 0.25) is 0 Å². The van der Waals surface area contributed by atoms with Gasteiger partial charge in [0.15, 0.2) is 0 Å². The fourth-order valence-electron chi connectivity index (χ4n) is 1.47. The van der Waals surface area contributed by atoms with Crippen LogP contribution in [0.2, 0.25) is 0 Å². The van der Waals surface area contributed by atoms with Gasteiger partial charge in [-0.05, 0) is 27.2 Å². The number of hydrogen-bond acceptors (Lipinski definition) is 4. The normalized spacial score (nSPS) is 26.9. The van der Waals surface area contributed by atoms with Gasteiger partial charge in [0.1, 0.15) is 5.60 Å². The fraction of sp³-hybridized carbons (Fsp3) is 0.900. The lowest BCUT2D eigenvalue weighted by Gasteiger charge is -2.25. The number of likely N-dealkylation sites (tertiary alicyclic amines) is 1. The van der Waals surface area contributed by atoms with Crippen molar-refractivity contribution in [3.63, 3.8) is 0 Å². The molecule has 15 heavy (non-hydrogen) atoms. The molecule has 1 atom stereocenters. The molecule has 0 aromatic rings. The summed E-state index contributed by atoms with van der Waals surface area (Å²) in [5.41, 5.74) is -1.33. The molecular formula is C10H19NO3S. The molecule has 0 aliphatic carbocycles. The highest BCUT2D eigenvalue weighted by atomic mass is 32.1. The number of amides is 1. The van der Waals surface area contributed by atoms with Crippen LogP contribution >= 0.6 is 12.6 Å². The maximum Gasteiger partial charge on any atom is 0.410 e. The van der Waals surface area contributed by atoms with Crippen molar-refractivity contribution in [2.45, 2.75) is 38.4 Å². The maximum absolute atomic E-state index is 11.6. The Morgan fingerprint density at radius 3 is 2.60 bits per heavy atom. The molecule has 1 aliphatic rings. The summed E-state index contributed by atoms with van der Waals surface area (Å²) in [6.45, 7) is 6.32. The summed E-state index contributed by atoms with van der Waals surface area (Å²) in [6, 6.07) is 0. The molecule has 1 amide bonds. The monoisotopic (exact) mass is 233 g/mol. The third-order valence-corrected chi connectivity index (χ3v) is 2.87. The number of carbonyl (C=O) groups is 1. The molecule has 1 fully saturated rings. The van der Waals surface area contributed by atoms with Crippen molar-refractivity contribution < 1.29 is 14.6 Å². The Morgan fingerprint density at radius 2 is 2.20 bits per heavy atom. The SMILES string of the molecule is CC(C)(C)OC(=O)N1CC[C@](O)(CS)C1. The van der Waals surface area contributed by atoms with E-state index in [0.717, 1.165) is 0 Å². The quantitative estimate of drug-likeness (QED) is 0.671. The second kappa shape index (κ2) is 4.22. The van der Waals surface area contributed by atoms with E-state index in [1.807, 2.05) is 20.8 Å². The number of thiol groups is 1. The van der Waals surface area contributed by atoms with Gasteiger partial charge in [-0.2, -0.15) is 12.6 Å². The number of β-amino-alcohol motifs (C(OH)–C–C–N with tert-alkyl or cyclic N) is 1. The molecule has 0 saturated carbocycles. The predicted octanol–water partition coefficient (Wildman–Crippen LogP) is 1.29. The van der Waals surface area contributed by atoms with Crippen LogP contribution in [0.4, 0.5) is 4.79 Å². The zero-order valence-electron chi connectivity index (χ0n) is 9.49. The van der Waals surface area contributed by atoms with Crippen LogP contribution in [0.1, 0.15) is 27.2 Å². The summed E-state index contributed by atoms with van der Waals surface area (Å²) in [5.74, 6) is 0.367. The minimum absolute atomic E-state index is 0.311. The van der Waals surface area contributed by atoms with Crippen LogP contribution < -0.4 is 0 Å². The first-order valence-electron chi connectivity index (χ1n) is 5.07. The van der Waals surface area contributed by atoms with Crippen LogP contribution in [0.25, 0.3) is 0 Å². The Bertz CT molecular complexity index is 252. The first kappa shape index (κ1) is 12.6. The molecule has 0 aromatic heterocycles. The second-order valence-electron chi connectivity index (χ2n) is 5.03. The number of rotatable bonds is 1. The van der Waals surface area contributed by atoms with Gasteiger partial charge in [-0.15, -0.1) is 0 Å². The summed E-state index contributed by atoms with van der Waals surface area (Å²) in [4.78, 5) is 13.2. The van der Waals surface area contributed by atoms with Gasteiger partial charge in [-0.1, -0.05) is 0 Å². The third kappa shape index (κ3) is 3.57. The Kier molecular flexibility index (Phi) is 3.55. The maximum atomic E-state index is 11.6. The lowest BCUT2D eigenvalue weighted by atomic mass is 10.1. The molecule has 1 heterocycles. The van der Waals surface area contributed by atoms with Crippen LogP contribution in [0.3, 0.4) is 0 Å². The first-order chi connectivity index (χ1) is 6.76. The van der Waals surface area contributed by atoms with Crippen LogP contribution in [0.5, 0.6) is 0 Å². The fourth-order valence-corrected chi connectivity index (χ4v) is 1.73. The van der Waals surface area contributed by atoms with Crippen LogP contribution in [0, 0.1) is 0 Å². The highest BCUT2D eigenvalue weighted by Gasteiger charge is 2.38. The van der Waals surface area contributed by atoms with Crippen molar-refractivity contribution in [2.75, 3.05) is 18.8 Å². The Labute approximate surface area is 96.0 Å². The van der Waals surface area contributed by atoms with E-state index in [-0.39, 0.29) is 6.09 Å². The average molecular weight is 233 g/mol. The minimum Gasteiger partial charge on any atom is -0.444 e. The van der Waals surface area contributed by atoms with E-state index in [0.29, 0.717) is 25.3 Å². The van der Waals surface area contributed by atoms with Crippen molar-refractivity contribution in [3.8, 4) is 0 Å². The van der Waals surface area contributed by atoms with Crippen molar-refractivity contribution in [2.24, 2.45) is 0 Å². The van der Waals surface area contributed by atoms with E-state index in [1.54, 1.807) is 0 Å². The largest absolute Gasteiger partial charge is 0.444 e. The summed E-state index contributed by atoms with van der Waals surface area (Å²) in [5, 5.41) is 9.89. The number of hydrogen-bond donors (Lipinski definition) is 2. The highest BCUT2D eigenvalue weighted by molar-refractivity contribution is 7.80. The lowest BCUT2D eigenvalue weighted by molar-refractivity contribution is 0.0202. The summed E-state index contributed by atoms with van der Waals surface area (Å²) < 4.78 is 5.21. The van der Waals surface area contributed by atoms with Gasteiger partial charge in [0, 0.05) is 12.3 Å². The van der Waals surface area contributed by atoms with E-state index < -0.39 is 11.2 Å².